The van der Waals surface area contributed by atoms with Gasteiger partial charge >= 0.3 is 0 Å². The summed E-state index contributed by atoms with van der Waals surface area (Å²) in [5.41, 5.74) is 4.52. The first-order valence-electron chi connectivity index (χ1n) is 11.3. The second-order valence-corrected chi connectivity index (χ2v) is 9.17. The summed E-state index contributed by atoms with van der Waals surface area (Å²) in [6.07, 6.45) is 4.36. The molecule has 3 aliphatic rings. The van der Waals surface area contributed by atoms with Crippen LogP contribution < -0.4 is 9.47 Å². The standard InChI is InChI=1S/C25H30BrNO5/c1-4-32-25-16(26)13-15(14-21(25)31-3)22-23-17(7-5-9-19(23)28)27(11-12-30-2)18-8-6-10-20(29)24(18)22/h13-14,22H,4-12H2,1-3H3. The van der Waals surface area contributed by atoms with Gasteiger partial charge in [-0.15, -0.1) is 0 Å². The summed E-state index contributed by atoms with van der Waals surface area (Å²) in [6.45, 7) is 3.62. The Balaban J connectivity index is 1.93. The molecular weight excluding hydrogens is 474 g/mol. The minimum absolute atomic E-state index is 0.132. The van der Waals surface area contributed by atoms with Crippen molar-refractivity contribution in [3.63, 3.8) is 0 Å². The van der Waals surface area contributed by atoms with Gasteiger partial charge in [0, 0.05) is 55.0 Å². The first-order chi connectivity index (χ1) is 15.5. The van der Waals surface area contributed by atoms with Gasteiger partial charge in [-0.2, -0.15) is 0 Å². The van der Waals surface area contributed by atoms with E-state index < -0.39 is 0 Å². The van der Waals surface area contributed by atoms with E-state index in [1.54, 1.807) is 14.2 Å². The maximum atomic E-state index is 13.3. The number of carbonyl (C=O) groups is 2. The van der Waals surface area contributed by atoms with Gasteiger partial charge < -0.3 is 19.1 Å². The van der Waals surface area contributed by atoms with Crippen LogP contribution in [0.5, 0.6) is 11.5 Å². The zero-order chi connectivity index (χ0) is 22.8. The fourth-order valence-electron chi connectivity index (χ4n) is 5.19. The fraction of sp³-hybridized carbons (Fsp3) is 0.520. The third-order valence-corrected chi connectivity index (χ3v) is 7.07. The molecule has 0 saturated heterocycles. The highest BCUT2D eigenvalue weighted by atomic mass is 79.9. The summed E-state index contributed by atoms with van der Waals surface area (Å²) in [6, 6.07) is 3.90. The molecule has 0 spiro atoms. The monoisotopic (exact) mass is 503 g/mol. The Kier molecular flexibility index (Phi) is 7.05. The summed E-state index contributed by atoms with van der Waals surface area (Å²) in [7, 11) is 3.29. The number of methoxy groups -OCH3 is 2. The van der Waals surface area contributed by atoms with Crippen LogP contribution in [0.25, 0.3) is 0 Å². The van der Waals surface area contributed by atoms with Gasteiger partial charge in [-0.25, -0.2) is 0 Å². The number of allylic oxidation sites excluding steroid dienone is 4. The lowest BCUT2D eigenvalue weighted by molar-refractivity contribution is -0.117. The van der Waals surface area contributed by atoms with E-state index in [1.165, 1.54) is 0 Å². The van der Waals surface area contributed by atoms with E-state index in [4.69, 9.17) is 14.2 Å². The van der Waals surface area contributed by atoms with E-state index >= 15 is 0 Å². The number of ketones is 2. The smallest absolute Gasteiger partial charge is 0.175 e. The normalized spacial score (nSPS) is 19.3. The SMILES string of the molecule is CCOc1c(Br)cc(C2C3=C(CCCC3=O)N(CCOC)C3=C2C(=O)CCC3)cc1OC. The molecule has 0 aromatic heterocycles. The molecular formula is C25H30BrNO5. The van der Waals surface area contributed by atoms with Gasteiger partial charge in [-0.3, -0.25) is 9.59 Å². The first-order valence-corrected chi connectivity index (χ1v) is 12.1. The van der Waals surface area contributed by atoms with Crippen molar-refractivity contribution in [2.45, 2.75) is 51.4 Å². The average molecular weight is 504 g/mol. The summed E-state index contributed by atoms with van der Waals surface area (Å²) in [5, 5.41) is 0. The molecule has 7 heteroatoms. The van der Waals surface area contributed by atoms with Crippen LogP contribution in [-0.2, 0) is 14.3 Å². The molecule has 0 unspecified atom stereocenters. The van der Waals surface area contributed by atoms with Crippen LogP contribution in [0.3, 0.4) is 0 Å². The Hall–Kier alpha value is -2.12. The summed E-state index contributed by atoms with van der Waals surface area (Å²) < 4.78 is 17.5. The number of ether oxygens (including phenoxy) is 3. The summed E-state index contributed by atoms with van der Waals surface area (Å²) in [4.78, 5) is 28.8. The summed E-state index contributed by atoms with van der Waals surface area (Å²) in [5.74, 6) is 1.11. The lowest BCUT2D eigenvalue weighted by Crippen LogP contribution is -2.40. The molecule has 1 heterocycles. The Bertz CT molecular complexity index is 952. The third kappa shape index (κ3) is 4.01. The number of carbonyl (C=O) groups excluding carboxylic acids is 2. The van der Waals surface area contributed by atoms with Crippen molar-refractivity contribution in [2.75, 3.05) is 34.0 Å². The maximum absolute atomic E-state index is 13.3. The maximum Gasteiger partial charge on any atom is 0.175 e. The number of hydrogen-bond donors (Lipinski definition) is 0. The second-order valence-electron chi connectivity index (χ2n) is 8.32. The number of halogens is 1. The zero-order valence-corrected chi connectivity index (χ0v) is 20.5. The van der Waals surface area contributed by atoms with Gasteiger partial charge in [0.05, 0.1) is 24.8 Å². The molecule has 0 atom stereocenters. The number of rotatable bonds is 7. The largest absolute Gasteiger partial charge is 0.493 e. The van der Waals surface area contributed by atoms with Gasteiger partial charge in [0.2, 0.25) is 0 Å². The van der Waals surface area contributed by atoms with Crippen LogP contribution in [0.15, 0.2) is 39.1 Å². The predicted octanol–water partition coefficient (Wildman–Crippen LogP) is 4.92. The zero-order valence-electron chi connectivity index (χ0n) is 19.0. The molecule has 0 saturated carbocycles. The molecule has 1 aromatic rings. The van der Waals surface area contributed by atoms with E-state index in [1.807, 2.05) is 19.1 Å². The van der Waals surface area contributed by atoms with Crippen molar-refractivity contribution in [2.24, 2.45) is 0 Å². The molecule has 0 amide bonds. The topological polar surface area (TPSA) is 65.1 Å². The van der Waals surface area contributed by atoms with Crippen LogP contribution in [0.4, 0.5) is 0 Å². The third-order valence-electron chi connectivity index (χ3n) is 6.48. The van der Waals surface area contributed by atoms with Crippen LogP contribution in [0.1, 0.15) is 56.9 Å². The van der Waals surface area contributed by atoms with Crippen molar-refractivity contribution < 1.29 is 23.8 Å². The van der Waals surface area contributed by atoms with E-state index in [0.29, 0.717) is 44.1 Å². The molecule has 1 aliphatic heterocycles. The molecule has 2 aliphatic carbocycles. The number of Topliss-reactive ketones (excluding diaryl/α,β-unsaturated/α-hetero) is 2. The lowest BCUT2D eigenvalue weighted by atomic mass is 9.71. The van der Waals surface area contributed by atoms with Crippen molar-refractivity contribution >= 4 is 27.5 Å². The predicted molar refractivity (Wildman–Crippen MR) is 125 cm³/mol. The minimum atomic E-state index is -0.375. The number of hydrogen-bond acceptors (Lipinski definition) is 6. The average Bonchev–Trinajstić information content (AvgIpc) is 2.78. The molecule has 4 rings (SSSR count). The highest BCUT2D eigenvalue weighted by Gasteiger charge is 2.43. The molecule has 0 bridgehead atoms. The lowest BCUT2D eigenvalue weighted by Gasteiger charge is -2.44. The molecule has 0 radical (unpaired) electrons. The van der Waals surface area contributed by atoms with E-state index in [9.17, 15) is 9.59 Å². The van der Waals surface area contributed by atoms with Gasteiger partial charge in [-0.1, -0.05) is 0 Å². The van der Waals surface area contributed by atoms with Crippen molar-refractivity contribution in [3.8, 4) is 11.5 Å². The molecule has 0 N–H and O–H groups in total. The van der Waals surface area contributed by atoms with Crippen LogP contribution >= 0.6 is 15.9 Å². The Morgan fingerprint density at radius 2 is 1.62 bits per heavy atom. The van der Waals surface area contributed by atoms with E-state index in [-0.39, 0.29) is 17.5 Å². The van der Waals surface area contributed by atoms with Crippen LogP contribution in [-0.4, -0.2) is 50.4 Å². The van der Waals surface area contributed by atoms with Crippen molar-refractivity contribution in [1.82, 2.24) is 4.90 Å². The highest BCUT2D eigenvalue weighted by molar-refractivity contribution is 9.10. The van der Waals surface area contributed by atoms with Crippen molar-refractivity contribution in [3.05, 3.63) is 44.7 Å². The van der Waals surface area contributed by atoms with Crippen LogP contribution in [0, 0.1) is 0 Å². The van der Waals surface area contributed by atoms with Gasteiger partial charge in [0.15, 0.2) is 23.1 Å². The molecule has 172 valence electrons. The van der Waals surface area contributed by atoms with Gasteiger partial charge in [-0.05, 0) is 66.2 Å². The number of benzene rings is 1. The fourth-order valence-corrected chi connectivity index (χ4v) is 5.77. The Labute approximate surface area is 197 Å². The summed E-state index contributed by atoms with van der Waals surface area (Å²) >= 11 is 3.62. The minimum Gasteiger partial charge on any atom is -0.493 e. The highest BCUT2D eigenvalue weighted by Crippen LogP contribution is 2.51. The Morgan fingerprint density at radius 3 is 2.16 bits per heavy atom. The van der Waals surface area contributed by atoms with Gasteiger partial charge in [0.25, 0.3) is 0 Å². The van der Waals surface area contributed by atoms with Gasteiger partial charge in [0.1, 0.15) is 0 Å². The molecule has 6 nitrogen and oxygen atoms in total. The first kappa shape index (κ1) is 23.1. The molecule has 0 fully saturated rings. The second kappa shape index (κ2) is 9.79. The quantitative estimate of drug-likeness (QED) is 0.526. The van der Waals surface area contributed by atoms with E-state index in [0.717, 1.165) is 58.3 Å². The molecule has 32 heavy (non-hydrogen) atoms. The number of nitrogens with zero attached hydrogens (tertiary/aromatic N) is 1. The van der Waals surface area contributed by atoms with Crippen LogP contribution in [0.2, 0.25) is 0 Å². The van der Waals surface area contributed by atoms with Crippen molar-refractivity contribution in [1.29, 1.82) is 0 Å². The van der Waals surface area contributed by atoms with E-state index in [2.05, 4.69) is 20.8 Å². The Morgan fingerprint density at radius 1 is 1.00 bits per heavy atom. The molecule has 1 aromatic carbocycles.